The third-order valence-corrected chi connectivity index (χ3v) is 13.4. The molecule has 14 atom stereocenters. The lowest BCUT2D eigenvalue weighted by Gasteiger charge is -2.47. The molecular formula is C39H61N3O12S. The standard InChI is InChI=1S/C39H61N3O12S/c1-13-26-39(9)27(31(35(48)54-39)55-15-14-42-18-20(3)33(46)40-37(42)49)22(5)28(43)19(2)17-38(8,50-12)32(23(6)29(44)24(7)34(47)52-26)53-36-30(45)25(41(10)11)16-21(4)51-36/h18-19,21-27,30-32,36,45H,13-17H2,1-12H3,(H,40,46,49)/t19-,21-,22-,23+,24-,25+,26-,27+,30-,31+,32-,36+,38-,39-/m1/s1. The Labute approximate surface area is 327 Å². The van der Waals surface area contributed by atoms with Gasteiger partial charge in [0.15, 0.2) is 17.7 Å². The fraction of sp³-hybridized carbons (Fsp3) is 0.795. The molecule has 1 aromatic rings. The van der Waals surface area contributed by atoms with E-state index < -0.39 is 99.6 Å². The van der Waals surface area contributed by atoms with Gasteiger partial charge in [-0.05, 0) is 68.0 Å². The van der Waals surface area contributed by atoms with Crippen molar-refractivity contribution in [2.75, 3.05) is 27.0 Å². The first-order valence-electron chi connectivity index (χ1n) is 19.2. The second kappa shape index (κ2) is 17.7. The number of aliphatic hydroxyl groups is 1. The van der Waals surface area contributed by atoms with E-state index in [0.29, 0.717) is 12.0 Å². The minimum atomic E-state index is -1.44. The van der Waals surface area contributed by atoms with E-state index in [1.165, 1.54) is 36.6 Å². The molecule has 1 aromatic heterocycles. The number of nitrogens with one attached hydrogen (secondary N) is 1. The highest BCUT2D eigenvalue weighted by Crippen LogP contribution is 2.49. The number of H-pyrrole nitrogens is 1. The van der Waals surface area contributed by atoms with Crippen LogP contribution in [0.25, 0.3) is 0 Å². The van der Waals surface area contributed by atoms with Gasteiger partial charge in [0, 0.05) is 60.9 Å². The van der Waals surface area contributed by atoms with E-state index in [2.05, 4.69) is 4.98 Å². The monoisotopic (exact) mass is 795 g/mol. The largest absolute Gasteiger partial charge is 0.458 e. The van der Waals surface area contributed by atoms with Crippen molar-refractivity contribution < 1.29 is 48.0 Å². The Morgan fingerprint density at radius 3 is 2.27 bits per heavy atom. The van der Waals surface area contributed by atoms with E-state index in [0.717, 1.165) is 0 Å². The Kier molecular flexibility index (Phi) is 14.4. The van der Waals surface area contributed by atoms with Gasteiger partial charge in [0.2, 0.25) is 0 Å². The number of likely N-dealkylation sites (N-methyl/N-ethyl adjacent to an activating group) is 1. The lowest BCUT2D eigenvalue weighted by atomic mass is 9.70. The number of ether oxygens (including phenoxy) is 5. The molecule has 3 aliphatic rings. The maximum Gasteiger partial charge on any atom is 0.328 e. The van der Waals surface area contributed by atoms with Crippen molar-refractivity contribution in [3.8, 4) is 0 Å². The molecule has 3 aliphatic heterocycles. The van der Waals surface area contributed by atoms with E-state index in [1.807, 2.05) is 25.9 Å². The van der Waals surface area contributed by atoms with Gasteiger partial charge < -0.3 is 33.7 Å². The number of esters is 2. The molecule has 0 amide bonds. The fourth-order valence-corrected chi connectivity index (χ4v) is 10.3. The van der Waals surface area contributed by atoms with Gasteiger partial charge >= 0.3 is 17.6 Å². The lowest BCUT2D eigenvalue weighted by molar-refractivity contribution is -0.295. The zero-order valence-corrected chi connectivity index (χ0v) is 35.1. The van der Waals surface area contributed by atoms with Crippen molar-refractivity contribution in [2.24, 2.45) is 29.6 Å². The molecule has 0 aliphatic carbocycles. The first kappa shape index (κ1) is 44.8. The molecule has 55 heavy (non-hydrogen) atoms. The Hall–Kier alpha value is -2.89. The number of fused-ring (bicyclic) bond motifs is 1. The van der Waals surface area contributed by atoms with Crippen molar-refractivity contribution in [1.29, 1.82) is 0 Å². The average Bonchev–Trinajstić information content (AvgIpc) is 3.39. The number of carbonyl (C=O) groups excluding carboxylic acids is 4. The number of hydrogen-bond donors (Lipinski definition) is 2. The van der Waals surface area contributed by atoms with Crippen LogP contribution in [0, 0.1) is 36.5 Å². The maximum atomic E-state index is 14.6. The van der Waals surface area contributed by atoms with Crippen LogP contribution >= 0.6 is 11.8 Å². The predicted octanol–water partition coefficient (Wildman–Crippen LogP) is 2.50. The van der Waals surface area contributed by atoms with Gasteiger partial charge in [-0.1, -0.05) is 27.7 Å². The number of aliphatic hydroxyl groups excluding tert-OH is 1. The summed E-state index contributed by atoms with van der Waals surface area (Å²) in [5, 5.41) is 10.5. The van der Waals surface area contributed by atoms with E-state index in [9.17, 15) is 33.9 Å². The minimum absolute atomic E-state index is 0.0883. The smallest absolute Gasteiger partial charge is 0.328 e. The van der Waals surface area contributed by atoms with Gasteiger partial charge in [0.25, 0.3) is 5.56 Å². The number of thioether (sulfide) groups is 1. The average molecular weight is 796 g/mol. The molecule has 0 bridgehead atoms. The summed E-state index contributed by atoms with van der Waals surface area (Å²) in [6, 6.07) is -0.299. The summed E-state index contributed by atoms with van der Waals surface area (Å²) in [7, 11) is 5.17. The van der Waals surface area contributed by atoms with Crippen molar-refractivity contribution in [3.63, 3.8) is 0 Å². The quantitative estimate of drug-likeness (QED) is 0.274. The maximum absolute atomic E-state index is 14.6. The van der Waals surface area contributed by atoms with Crippen LogP contribution in [0.15, 0.2) is 15.8 Å². The lowest BCUT2D eigenvalue weighted by Crippen LogP contribution is -2.59. The zero-order valence-electron chi connectivity index (χ0n) is 34.3. The number of Topliss-reactive ketones (excluding diaryl/α,β-unsaturated/α-hetero) is 2. The Morgan fingerprint density at radius 1 is 1.02 bits per heavy atom. The second-order valence-electron chi connectivity index (χ2n) is 16.4. The predicted molar refractivity (Wildman–Crippen MR) is 204 cm³/mol. The first-order chi connectivity index (χ1) is 25.6. The number of ketones is 2. The van der Waals surface area contributed by atoms with E-state index in [-0.39, 0.29) is 43.1 Å². The Morgan fingerprint density at radius 2 is 1.67 bits per heavy atom. The topological polar surface area (TPSA) is 193 Å². The van der Waals surface area contributed by atoms with Crippen molar-refractivity contribution in [1.82, 2.24) is 14.5 Å². The normalized spacial score (nSPS) is 39.4. The van der Waals surface area contributed by atoms with Gasteiger partial charge in [-0.3, -0.25) is 33.5 Å². The molecule has 310 valence electrons. The number of aromatic nitrogens is 2. The summed E-state index contributed by atoms with van der Waals surface area (Å²) < 4.78 is 32.4. The molecule has 3 fully saturated rings. The molecule has 0 saturated carbocycles. The van der Waals surface area contributed by atoms with Gasteiger partial charge in [-0.15, -0.1) is 11.8 Å². The number of cyclic esters (lactones) is 1. The van der Waals surface area contributed by atoms with Gasteiger partial charge in [-0.25, -0.2) is 4.79 Å². The van der Waals surface area contributed by atoms with Crippen LogP contribution in [0.4, 0.5) is 0 Å². The molecule has 4 heterocycles. The summed E-state index contributed by atoms with van der Waals surface area (Å²) in [5.41, 5.74) is -3.45. The van der Waals surface area contributed by atoms with E-state index in [4.69, 9.17) is 23.7 Å². The highest BCUT2D eigenvalue weighted by Gasteiger charge is 2.61. The molecular weight excluding hydrogens is 735 g/mol. The first-order valence-corrected chi connectivity index (χ1v) is 20.3. The molecule has 16 heteroatoms. The van der Waals surface area contributed by atoms with Crippen LogP contribution in [-0.4, -0.2) is 123 Å². The third-order valence-electron chi connectivity index (χ3n) is 12.1. The third kappa shape index (κ3) is 9.14. The van der Waals surface area contributed by atoms with E-state index >= 15 is 0 Å². The van der Waals surface area contributed by atoms with Crippen LogP contribution < -0.4 is 11.2 Å². The highest BCUT2D eigenvalue weighted by molar-refractivity contribution is 8.00. The fourth-order valence-electron chi connectivity index (χ4n) is 8.81. The number of methoxy groups -OCH3 is 1. The molecule has 0 aromatic carbocycles. The zero-order chi connectivity index (χ0) is 41.3. The van der Waals surface area contributed by atoms with E-state index in [1.54, 1.807) is 48.5 Å². The van der Waals surface area contributed by atoms with Crippen LogP contribution in [0.1, 0.15) is 80.2 Å². The summed E-state index contributed by atoms with van der Waals surface area (Å²) in [6.45, 7) is 15.4. The van der Waals surface area contributed by atoms with Crippen LogP contribution in [0.2, 0.25) is 0 Å². The van der Waals surface area contributed by atoms with Crippen molar-refractivity contribution in [3.05, 3.63) is 32.6 Å². The number of aryl methyl sites for hydroxylation is 2. The van der Waals surface area contributed by atoms with Crippen LogP contribution in [0.5, 0.6) is 0 Å². The van der Waals surface area contributed by atoms with Gasteiger partial charge in [-0.2, -0.15) is 0 Å². The van der Waals surface area contributed by atoms with Crippen LogP contribution in [0.3, 0.4) is 0 Å². The van der Waals surface area contributed by atoms with Crippen LogP contribution in [-0.2, 0) is 49.4 Å². The van der Waals surface area contributed by atoms with Crippen molar-refractivity contribution in [2.45, 2.75) is 141 Å². The molecule has 0 radical (unpaired) electrons. The number of hydrogen-bond acceptors (Lipinski definition) is 14. The second-order valence-corrected chi connectivity index (χ2v) is 17.6. The summed E-state index contributed by atoms with van der Waals surface area (Å²) in [5.74, 6) is -6.33. The van der Waals surface area contributed by atoms with Gasteiger partial charge in [0.05, 0.1) is 17.8 Å². The SMILES string of the molecule is CC[C@H]1OC(=O)[C@H](C)C(=O)[C@H](C)[C@@H](O[C@@H]2O[C@H](C)C[C@H](N(C)C)[C@H]2O)[C@](C)(OC)C[C@@H](C)C(=O)[C@H](C)[C@H]2[C@H](SCCn3cc(C)c(=O)[nH]c3=O)C(=O)O[C@@]21C. The Bertz CT molecular complexity index is 1700. The van der Waals surface area contributed by atoms with Gasteiger partial charge in [0.1, 0.15) is 29.2 Å². The molecule has 3 saturated heterocycles. The molecule has 0 unspecified atom stereocenters. The number of rotatable bonds is 9. The van der Waals surface area contributed by atoms with Crippen molar-refractivity contribution >= 4 is 35.3 Å². The summed E-state index contributed by atoms with van der Waals surface area (Å²) in [6.07, 6.45) is -2.26. The minimum Gasteiger partial charge on any atom is -0.458 e. The highest BCUT2D eigenvalue weighted by atomic mass is 32.2. The Balaban J connectivity index is 1.75. The molecule has 15 nitrogen and oxygen atoms in total. The molecule has 0 spiro atoms. The number of nitrogens with zero attached hydrogens (tertiary/aromatic N) is 2. The summed E-state index contributed by atoms with van der Waals surface area (Å²) in [4.78, 5) is 85.1. The molecule has 4 rings (SSSR count). The number of aromatic amines is 1. The summed E-state index contributed by atoms with van der Waals surface area (Å²) >= 11 is 1.22. The number of carbonyl (C=O) groups is 4. The molecule has 2 N–H and O–H groups in total.